The maximum absolute atomic E-state index is 14.0. The van der Waals surface area contributed by atoms with E-state index in [0.717, 1.165) is 82.9 Å². The van der Waals surface area contributed by atoms with E-state index in [2.05, 4.69) is 139 Å². The first-order valence-corrected chi connectivity index (χ1v) is 18.2. The van der Waals surface area contributed by atoms with Crippen LogP contribution in [0.4, 0.5) is 0 Å². The Hall–Kier alpha value is -7.23. The Kier molecular flexibility index (Phi) is 7.27. The second-order valence-corrected chi connectivity index (χ2v) is 13.7. The summed E-state index contributed by atoms with van der Waals surface area (Å²) in [5.41, 5.74) is 11.5. The van der Waals surface area contributed by atoms with Gasteiger partial charge < -0.3 is 4.57 Å². The summed E-state index contributed by atoms with van der Waals surface area (Å²) >= 11 is 0. The van der Waals surface area contributed by atoms with Gasteiger partial charge in [-0.2, -0.15) is 0 Å². The first-order valence-electron chi connectivity index (χ1n) is 18.2. The van der Waals surface area contributed by atoms with Crippen LogP contribution in [0.2, 0.25) is 0 Å². The molecule has 54 heavy (non-hydrogen) atoms. The van der Waals surface area contributed by atoms with Crippen molar-refractivity contribution in [2.75, 3.05) is 0 Å². The molecule has 0 N–H and O–H groups in total. The van der Waals surface area contributed by atoms with Crippen molar-refractivity contribution in [1.82, 2.24) is 9.13 Å². The number of pyridine rings is 1. The van der Waals surface area contributed by atoms with Crippen LogP contribution in [0, 0.1) is 0 Å². The highest BCUT2D eigenvalue weighted by molar-refractivity contribution is 6.15. The molecule has 0 aliphatic heterocycles. The molecule has 0 amide bonds. The van der Waals surface area contributed by atoms with Crippen LogP contribution in [0.15, 0.2) is 188 Å². The second-order valence-electron chi connectivity index (χ2n) is 13.7. The molecule has 0 unspecified atom stereocenters. The highest BCUT2D eigenvalue weighted by Crippen LogP contribution is 2.45. The Morgan fingerprint density at radius 3 is 1.56 bits per heavy atom. The Balaban J connectivity index is 1.31. The van der Waals surface area contributed by atoms with Gasteiger partial charge in [0, 0.05) is 38.2 Å². The van der Waals surface area contributed by atoms with Gasteiger partial charge >= 0.3 is 0 Å². The van der Waals surface area contributed by atoms with Crippen LogP contribution >= 0.6 is 0 Å². The lowest BCUT2D eigenvalue weighted by Gasteiger charge is -2.22. The minimum atomic E-state index is -0.0252. The summed E-state index contributed by atoms with van der Waals surface area (Å²) in [6.07, 6.45) is 3.96. The predicted molar refractivity (Wildman–Crippen MR) is 230 cm³/mol. The van der Waals surface area contributed by atoms with Gasteiger partial charge in [0.2, 0.25) is 0 Å². The number of para-hydroxylation sites is 3. The molecule has 0 aliphatic rings. The number of hydrogen-bond acceptors (Lipinski definition) is 1. The topological polar surface area (TPSA) is 26.9 Å². The van der Waals surface area contributed by atoms with E-state index in [0.29, 0.717) is 5.39 Å². The molecule has 0 bridgehead atoms. The molecule has 8 aromatic carbocycles. The molecule has 254 valence electrons. The van der Waals surface area contributed by atoms with E-state index in [-0.39, 0.29) is 5.56 Å². The molecule has 0 atom stereocenters. The smallest absolute Gasteiger partial charge is 0.263 e. The van der Waals surface area contributed by atoms with Crippen LogP contribution in [-0.2, 0) is 0 Å². The van der Waals surface area contributed by atoms with E-state index >= 15 is 0 Å². The van der Waals surface area contributed by atoms with E-state index in [1.165, 1.54) is 10.8 Å². The minimum absolute atomic E-state index is 0.0252. The van der Waals surface area contributed by atoms with Gasteiger partial charge in [-0.05, 0) is 87.1 Å². The Labute approximate surface area is 312 Å². The molecule has 0 radical (unpaired) electrons. The largest absolute Gasteiger partial charge is 0.308 e. The molecule has 0 saturated carbocycles. The molecule has 10 rings (SSSR count). The standard InChI is InChI=1S/C51H34N2O/c1-3-37-38(4-2)50(53-46-25-15-13-22-40(46)41-23-14-16-26-47(41)53)42-29-27-34(32-45(42)49(37)33-17-7-5-8-18-33)35-28-30-48-44(31-35)39-21-11-12-24-43(39)51(54)52(48)36-19-9-6-10-20-36/h3-32H,1-2H2. The summed E-state index contributed by atoms with van der Waals surface area (Å²) in [5, 5.41) is 7.31. The van der Waals surface area contributed by atoms with Gasteiger partial charge in [0.05, 0.1) is 22.2 Å². The molecule has 3 heteroatoms. The fourth-order valence-corrected chi connectivity index (χ4v) is 8.52. The van der Waals surface area contributed by atoms with Gasteiger partial charge in [0.1, 0.15) is 0 Å². The number of rotatable bonds is 6. The van der Waals surface area contributed by atoms with Crippen LogP contribution in [0.1, 0.15) is 11.1 Å². The zero-order chi connectivity index (χ0) is 36.3. The maximum Gasteiger partial charge on any atom is 0.263 e. The molecular weight excluding hydrogens is 657 g/mol. The van der Waals surface area contributed by atoms with Gasteiger partial charge in [0.15, 0.2) is 0 Å². The Morgan fingerprint density at radius 1 is 0.389 bits per heavy atom. The summed E-state index contributed by atoms with van der Waals surface area (Å²) in [6.45, 7) is 8.76. The Bertz CT molecular complexity index is 3150. The first-order chi connectivity index (χ1) is 26.7. The normalized spacial score (nSPS) is 11.6. The van der Waals surface area contributed by atoms with E-state index in [1.807, 2.05) is 65.3 Å². The van der Waals surface area contributed by atoms with Crippen LogP contribution in [0.5, 0.6) is 0 Å². The SMILES string of the molecule is C=Cc1c(C=C)c(-n2c3ccccc3c3ccccc32)c2ccc(-c3ccc4c(c3)c3ccccc3c(=O)n4-c3ccccc3)cc2c1-c1ccccc1. The molecule has 2 heterocycles. The molecule has 0 aliphatic carbocycles. The third-order valence-electron chi connectivity index (χ3n) is 10.9. The van der Waals surface area contributed by atoms with Gasteiger partial charge in [-0.3, -0.25) is 9.36 Å². The fraction of sp³-hybridized carbons (Fsp3) is 0. The number of nitrogens with zero attached hydrogens (tertiary/aromatic N) is 2. The fourth-order valence-electron chi connectivity index (χ4n) is 8.52. The lowest BCUT2D eigenvalue weighted by Crippen LogP contribution is -2.19. The summed E-state index contributed by atoms with van der Waals surface area (Å²) < 4.78 is 4.23. The van der Waals surface area contributed by atoms with E-state index < -0.39 is 0 Å². The van der Waals surface area contributed by atoms with Crippen LogP contribution in [0.3, 0.4) is 0 Å². The average Bonchev–Trinajstić information content (AvgIpc) is 3.57. The summed E-state index contributed by atoms with van der Waals surface area (Å²) in [5.74, 6) is 0. The van der Waals surface area contributed by atoms with Gasteiger partial charge in [0.25, 0.3) is 5.56 Å². The molecule has 0 spiro atoms. The van der Waals surface area contributed by atoms with Gasteiger partial charge in [-0.15, -0.1) is 0 Å². The van der Waals surface area contributed by atoms with Crippen LogP contribution in [-0.4, -0.2) is 9.13 Å². The minimum Gasteiger partial charge on any atom is -0.308 e. The highest BCUT2D eigenvalue weighted by atomic mass is 16.1. The number of benzene rings is 8. The highest BCUT2D eigenvalue weighted by Gasteiger charge is 2.23. The zero-order valence-corrected chi connectivity index (χ0v) is 29.5. The van der Waals surface area contributed by atoms with Crippen molar-refractivity contribution in [3.8, 4) is 33.6 Å². The second kappa shape index (κ2) is 12.5. The van der Waals surface area contributed by atoms with Crippen molar-refractivity contribution in [3.05, 3.63) is 204 Å². The number of aromatic nitrogens is 2. The Morgan fingerprint density at radius 2 is 0.907 bits per heavy atom. The van der Waals surface area contributed by atoms with Crippen LogP contribution < -0.4 is 5.56 Å². The van der Waals surface area contributed by atoms with Gasteiger partial charge in [-0.25, -0.2) is 0 Å². The molecule has 2 aromatic heterocycles. The molecular formula is C51H34N2O. The first kappa shape index (κ1) is 31.5. The molecule has 10 aromatic rings. The van der Waals surface area contributed by atoms with Crippen molar-refractivity contribution >= 4 is 66.4 Å². The van der Waals surface area contributed by atoms with Crippen molar-refractivity contribution in [3.63, 3.8) is 0 Å². The zero-order valence-electron chi connectivity index (χ0n) is 29.5. The molecule has 3 nitrogen and oxygen atoms in total. The van der Waals surface area contributed by atoms with Crippen molar-refractivity contribution in [2.45, 2.75) is 0 Å². The van der Waals surface area contributed by atoms with Crippen molar-refractivity contribution < 1.29 is 0 Å². The maximum atomic E-state index is 14.0. The summed E-state index contributed by atoms with van der Waals surface area (Å²) in [6, 6.07) is 58.9. The summed E-state index contributed by atoms with van der Waals surface area (Å²) in [4.78, 5) is 14.0. The van der Waals surface area contributed by atoms with Crippen LogP contribution in [0.25, 0.3) is 100 Å². The lowest BCUT2D eigenvalue weighted by atomic mass is 9.86. The van der Waals surface area contributed by atoms with Crippen molar-refractivity contribution in [1.29, 1.82) is 0 Å². The number of fused-ring (bicyclic) bond motifs is 7. The van der Waals surface area contributed by atoms with E-state index in [9.17, 15) is 4.79 Å². The average molecular weight is 691 g/mol. The molecule has 0 fully saturated rings. The monoisotopic (exact) mass is 690 g/mol. The lowest BCUT2D eigenvalue weighted by molar-refractivity contribution is 1.06. The van der Waals surface area contributed by atoms with Crippen molar-refractivity contribution in [2.24, 2.45) is 0 Å². The van der Waals surface area contributed by atoms with E-state index in [4.69, 9.17) is 0 Å². The van der Waals surface area contributed by atoms with E-state index in [1.54, 1.807) is 0 Å². The third kappa shape index (κ3) is 4.65. The van der Waals surface area contributed by atoms with Gasteiger partial charge in [-0.1, -0.05) is 147 Å². The number of hydrogen-bond donors (Lipinski definition) is 0. The molecule has 0 saturated heterocycles. The summed E-state index contributed by atoms with van der Waals surface area (Å²) in [7, 11) is 0. The quantitative estimate of drug-likeness (QED) is 0.160. The third-order valence-corrected chi connectivity index (χ3v) is 10.9. The predicted octanol–water partition coefficient (Wildman–Crippen LogP) is 13.0.